The highest BCUT2D eigenvalue weighted by Crippen LogP contribution is 2.31. The summed E-state index contributed by atoms with van der Waals surface area (Å²) in [6, 6.07) is 14.8. The topological polar surface area (TPSA) is 73.2 Å². The summed E-state index contributed by atoms with van der Waals surface area (Å²) < 4.78 is 7.53. The minimum absolute atomic E-state index is 0.143. The van der Waals surface area contributed by atoms with Crippen LogP contribution in [0.3, 0.4) is 0 Å². The van der Waals surface area contributed by atoms with E-state index in [0.29, 0.717) is 21.7 Å². The number of aromatic nitrogens is 2. The van der Waals surface area contributed by atoms with E-state index in [1.54, 1.807) is 18.2 Å². The lowest BCUT2D eigenvalue weighted by Gasteiger charge is -2.10. The van der Waals surface area contributed by atoms with Gasteiger partial charge in [0.1, 0.15) is 17.1 Å². The summed E-state index contributed by atoms with van der Waals surface area (Å²) in [6.45, 7) is -0.143. The smallest absolute Gasteiger partial charge is 0.263 e. The number of fused-ring (bicyclic) bond motifs is 1. The summed E-state index contributed by atoms with van der Waals surface area (Å²) in [5.41, 5.74) is 2.04. The Hall–Kier alpha value is -2.97. The van der Waals surface area contributed by atoms with Crippen molar-refractivity contribution < 1.29 is 9.53 Å². The molecule has 2 aromatic heterocycles. The predicted octanol–water partition coefficient (Wildman–Crippen LogP) is 4.53. The van der Waals surface area contributed by atoms with Crippen molar-refractivity contribution in [2.75, 3.05) is 12.4 Å². The molecule has 0 unspecified atom stereocenters. The van der Waals surface area contributed by atoms with Gasteiger partial charge >= 0.3 is 0 Å². The molecule has 2 heterocycles. The van der Waals surface area contributed by atoms with Gasteiger partial charge in [-0.2, -0.15) is 0 Å². The fourth-order valence-corrected chi connectivity index (χ4v) is 4.19. The SMILES string of the molecule is COc1ccccc1NC(=O)Cn1cnc2scc(-c3ccc(Br)cc3)c2c1=O. The van der Waals surface area contributed by atoms with Gasteiger partial charge < -0.3 is 10.1 Å². The summed E-state index contributed by atoms with van der Waals surface area (Å²) in [4.78, 5) is 30.6. The zero-order chi connectivity index (χ0) is 20.4. The van der Waals surface area contributed by atoms with E-state index >= 15 is 0 Å². The van der Waals surface area contributed by atoms with Gasteiger partial charge in [0, 0.05) is 15.4 Å². The first-order valence-corrected chi connectivity index (χ1v) is 10.4. The number of benzene rings is 2. The van der Waals surface area contributed by atoms with Crippen LogP contribution in [-0.2, 0) is 11.3 Å². The Labute approximate surface area is 178 Å². The standard InChI is InChI=1S/C21H16BrN3O3S/c1-28-17-5-3-2-4-16(17)24-18(26)10-25-12-23-20-19(21(25)27)15(11-29-20)13-6-8-14(22)9-7-13/h2-9,11-12H,10H2,1H3,(H,24,26). The molecule has 0 fully saturated rings. The Balaban J connectivity index is 1.65. The minimum atomic E-state index is -0.335. The van der Waals surface area contributed by atoms with Gasteiger partial charge in [-0.05, 0) is 29.8 Å². The van der Waals surface area contributed by atoms with E-state index in [4.69, 9.17) is 4.74 Å². The molecule has 1 amide bonds. The second kappa shape index (κ2) is 8.18. The van der Waals surface area contributed by atoms with E-state index in [1.165, 1.54) is 29.3 Å². The number of carbonyl (C=O) groups is 1. The second-order valence-corrected chi connectivity index (χ2v) is 8.04. The summed E-state index contributed by atoms with van der Waals surface area (Å²) in [5, 5.41) is 5.21. The largest absolute Gasteiger partial charge is 0.495 e. The maximum atomic E-state index is 13.1. The highest BCUT2D eigenvalue weighted by Gasteiger charge is 2.15. The normalized spacial score (nSPS) is 10.8. The first-order chi connectivity index (χ1) is 14.1. The van der Waals surface area contributed by atoms with Crippen LogP contribution in [0.4, 0.5) is 5.69 Å². The molecule has 0 atom stereocenters. The molecule has 6 nitrogen and oxygen atoms in total. The molecule has 0 aliphatic carbocycles. The molecule has 4 aromatic rings. The number of nitrogens with one attached hydrogen (secondary N) is 1. The fraction of sp³-hybridized carbons (Fsp3) is 0.0952. The van der Waals surface area contributed by atoms with E-state index in [9.17, 15) is 9.59 Å². The Kier molecular flexibility index (Phi) is 5.46. The average molecular weight is 470 g/mol. The molecule has 0 aliphatic rings. The van der Waals surface area contributed by atoms with Gasteiger partial charge in [-0.3, -0.25) is 14.2 Å². The van der Waals surface area contributed by atoms with Crippen molar-refractivity contribution >= 4 is 49.1 Å². The number of hydrogen-bond donors (Lipinski definition) is 1. The van der Waals surface area contributed by atoms with Gasteiger partial charge in [-0.15, -0.1) is 11.3 Å². The molecule has 0 saturated heterocycles. The van der Waals surface area contributed by atoms with Crippen molar-refractivity contribution in [3.63, 3.8) is 0 Å². The monoisotopic (exact) mass is 469 g/mol. The molecular formula is C21H16BrN3O3S. The lowest BCUT2D eigenvalue weighted by atomic mass is 10.1. The number of hydrogen-bond acceptors (Lipinski definition) is 5. The molecule has 2 aromatic carbocycles. The van der Waals surface area contributed by atoms with Crippen molar-refractivity contribution in [3.05, 3.63) is 75.1 Å². The molecule has 8 heteroatoms. The first kappa shape index (κ1) is 19.4. The van der Waals surface area contributed by atoms with Gasteiger partial charge in [-0.25, -0.2) is 4.98 Å². The third-order valence-electron chi connectivity index (χ3n) is 4.41. The van der Waals surface area contributed by atoms with Crippen molar-refractivity contribution in [2.24, 2.45) is 0 Å². The van der Waals surface area contributed by atoms with Crippen LogP contribution in [0, 0.1) is 0 Å². The zero-order valence-electron chi connectivity index (χ0n) is 15.4. The van der Waals surface area contributed by atoms with Crippen molar-refractivity contribution in [1.29, 1.82) is 0 Å². The highest BCUT2D eigenvalue weighted by atomic mass is 79.9. The van der Waals surface area contributed by atoms with Crippen molar-refractivity contribution in [3.8, 4) is 16.9 Å². The average Bonchev–Trinajstić information content (AvgIpc) is 3.16. The van der Waals surface area contributed by atoms with Crippen LogP contribution in [0.5, 0.6) is 5.75 Å². The Bertz CT molecular complexity index is 1250. The number of ether oxygens (including phenoxy) is 1. The summed E-state index contributed by atoms with van der Waals surface area (Å²) >= 11 is 4.83. The van der Waals surface area contributed by atoms with E-state index in [-0.39, 0.29) is 18.0 Å². The maximum Gasteiger partial charge on any atom is 0.263 e. The highest BCUT2D eigenvalue weighted by molar-refractivity contribution is 9.10. The van der Waals surface area contributed by atoms with E-state index < -0.39 is 0 Å². The quantitative estimate of drug-likeness (QED) is 0.465. The lowest BCUT2D eigenvalue weighted by Crippen LogP contribution is -2.27. The number of para-hydroxylation sites is 2. The Morgan fingerprint density at radius 2 is 1.97 bits per heavy atom. The molecule has 29 heavy (non-hydrogen) atoms. The van der Waals surface area contributed by atoms with Crippen LogP contribution in [0.15, 0.2) is 69.5 Å². The van der Waals surface area contributed by atoms with Crippen LogP contribution < -0.4 is 15.6 Å². The fourth-order valence-electron chi connectivity index (χ4n) is 3.01. The predicted molar refractivity (Wildman–Crippen MR) is 119 cm³/mol. The van der Waals surface area contributed by atoms with Crippen LogP contribution in [0.25, 0.3) is 21.3 Å². The molecular weight excluding hydrogens is 454 g/mol. The molecule has 0 aliphatic heterocycles. The van der Waals surface area contributed by atoms with Crippen molar-refractivity contribution in [1.82, 2.24) is 9.55 Å². The molecule has 146 valence electrons. The van der Waals surface area contributed by atoms with Crippen LogP contribution >= 0.6 is 27.3 Å². The molecule has 0 radical (unpaired) electrons. The first-order valence-electron chi connectivity index (χ1n) is 8.72. The zero-order valence-corrected chi connectivity index (χ0v) is 17.8. The van der Waals surface area contributed by atoms with Gasteiger partial charge in [0.25, 0.3) is 5.56 Å². The van der Waals surface area contributed by atoms with Gasteiger partial charge in [0.2, 0.25) is 5.91 Å². The van der Waals surface area contributed by atoms with Gasteiger partial charge in [0.05, 0.1) is 24.5 Å². The number of amides is 1. The van der Waals surface area contributed by atoms with E-state index in [1.807, 2.05) is 35.7 Å². The Morgan fingerprint density at radius 1 is 1.21 bits per heavy atom. The van der Waals surface area contributed by atoms with Gasteiger partial charge in [-0.1, -0.05) is 40.2 Å². The van der Waals surface area contributed by atoms with Gasteiger partial charge in [0.15, 0.2) is 0 Å². The number of rotatable bonds is 5. The van der Waals surface area contributed by atoms with Crippen LogP contribution in [-0.4, -0.2) is 22.6 Å². The molecule has 1 N–H and O–H groups in total. The van der Waals surface area contributed by atoms with Crippen molar-refractivity contribution in [2.45, 2.75) is 6.54 Å². The number of anilines is 1. The number of nitrogens with zero attached hydrogens (tertiary/aromatic N) is 2. The van der Waals surface area contributed by atoms with Crippen LogP contribution in [0.2, 0.25) is 0 Å². The number of methoxy groups -OCH3 is 1. The summed E-state index contributed by atoms with van der Waals surface area (Å²) in [7, 11) is 1.54. The molecule has 4 rings (SSSR count). The third-order valence-corrected chi connectivity index (χ3v) is 5.83. The number of carbonyl (C=O) groups excluding carboxylic acids is 1. The molecule has 0 bridgehead atoms. The third kappa shape index (κ3) is 3.94. The maximum absolute atomic E-state index is 13.1. The van der Waals surface area contributed by atoms with E-state index in [0.717, 1.165) is 15.6 Å². The molecule has 0 saturated carbocycles. The number of thiophene rings is 1. The minimum Gasteiger partial charge on any atom is -0.495 e. The van der Waals surface area contributed by atoms with Crippen LogP contribution in [0.1, 0.15) is 0 Å². The summed E-state index contributed by atoms with van der Waals surface area (Å²) in [6.07, 6.45) is 1.41. The second-order valence-electron chi connectivity index (χ2n) is 6.26. The molecule has 0 spiro atoms. The Morgan fingerprint density at radius 3 is 2.72 bits per heavy atom. The lowest BCUT2D eigenvalue weighted by molar-refractivity contribution is -0.116. The van der Waals surface area contributed by atoms with E-state index in [2.05, 4.69) is 26.2 Å². The number of halogens is 1. The summed E-state index contributed by atoms with van der Waals surface area (Å²) in [5.74, 6) is 0.218.